The summed E-state index contributed by atoms with van der Waals surface area (Å²) in [7, 11) is 0. The van der Waals surface area contributed by atoms with E-state index in [9.17, 15) is 0 Å². The molecule has 1 fully saturated rings. The minimum absolute atomic E-state index is 0.0567. The van der Waals surface area contributed by atoms with Crippen molar-refractivity contribution in [3.63, 3.8) is 0 Å². The van der Waals surface area contributed by atoms with E-state index in [0.29, 0.717) is 13.2 Å². The lowest BCUT2D eigenvalue weighted by Gasteiger charge is -2.02. The summed E-state index contributed by atoms with van der Waals surface area (Å²) >= 11 is 0. The number of ether oxygens (including phenoxy) is 1. The summed E-state index contributed by atoms with van der Waals surface area (Å²) in [6.45, 7) is 5.05. The normalized spacial score (nSPS) is 26.5. The van der Waals surface area contributed by atoms with Gasteiger partial charge in [-0.1, -0.05) is 5.16 Å². The quantitative estimate of drug-likeness (QED) is 0.487. The number of hydrogen-bond acceptors (Lipinski definition) is 4. The van der Waals surface area contributed by atoms with Crippen molar-refractivity contribution in [3.05, 3.63) is 0 Å². The van der Waals surface area contributed by atoms with E-state index in [1.54, 1.807) is 6.21 Å². The molecule has 1 N–H and O–H groups in total. The summed E-state index contributed by atoms with van der Waals surface area (Å²) in [5.41, 5.74) is 0. The SMILES string of the molecule is CCO/N=C\[C@H]1CC[C@@H](/C=[NH+]\OCC)O1. The lowest BCUT2D eigenvalue weighted by molar-refractivity contribution is -0.750. The maximum atomic E-state index is 5.63. The summed E-state index contributed by atoms with van der Waals surface area (Å²) in [6.07, 6.45) is 5.61. The van der Waals surface area contributed by atoms with Crippen molar-refractivity contribution in [2.45, 2.75) is 38.9 Å². The summed E-state index contributed by atoms with van der Waals surface area (Å²) in [5.74, 6) is 0. The molecule has 1 saturated heterocycles. The van der Waals surface area contributed by atoms with Gasteiger partial charge in [0.1, 0.15) is 12.7 Å². The molecule has 0 aromatic carbocycles. The van der Waals surface area contributed by atoms with Gasteiger partial charge in [0.05, 0.1) is 12.3 Å². The second kappa shape index (κ2) is 7.23. The first kappa shape index (κ1) is 12.0. The first-order valence-corrected chi connectivity index (χ1v) is 5.38. The van der Waals surface area contributed by atoms with Crippen LogP contribution in [0.1, 0.15) is 26.7 Å². The fourth-order valence-electron chi connectivity index (χ4n) is 1.31. The fourth-order valence-corrected chi connectivity index (χ4v) is 1.31. The molecule has 0 unspecified atom stereocenters. The van der Waals surface area contributed by atoms with Crippen LogP contribution in [-0.4, -0.2) is 37.9 Å². The molecule has 1 heterocycles. The molecule has 5 nitrogen and oxygen atoms in total. The highest BCUT2D eigenvalue weighted by atomic mass is 16.6. The van der Waals surface area contributed by atoms with Gasteiger partial charge in [0.25, 0.3) is 0 Å². The predicted molar refractivity (Wildman–Crippen MR) is 56.7 cm³/mol. The van der Waals surface area contributed by atoms with Crippen molar-refractivity contribution < 1.29 is 19.6 Å². The summed E-state index contributed by atoms with van der Waals surface area (Å²) < 4.78 is 5.63. The Bertz CT molecular complexity index is 197. The third-order valence-electron chi connectivity index (χ3n) is 2.00. The first-order valence-electron chi connectivity index (χ1n) is 5.38. The molecule has 2 atom stereocenters. The smallest absolute Gasteiger partial charge is 0.218 e. The zero-order valence-corrected chi connectivity index (χ0v) is 9.31. The molecule has 0 spiro atoms. The van der Waals surface area contributed by atoms with Crippen molar-refractivity contribution in [2.24, 2.45) is 5.16 Å². The number of nitrogens with zero attached hydrogens (tertiary/aromatic N) is 1. The third-order valence-corrected chi connectivity index (χ3v) is 2.00. The van der Waals surface area contributed by atoms with Crippen molar-refractivity contribution in [3.8, 4) is 0 Å². The van der Waals surface area contributed by atoms with Crippen LogP contribution in [0, 0.1) is 0 Å². The number of hydrogen-bond donors (Lipinski definition) is 1. The minimum atomic E-state index is 0.0567. The Hall–Kier alpha value is -1.10. The van der Waals surface area contributed by atoms with Crippen LogP contribution in [0.2, 0.25) is 0 Å². The van der Waals surface area contributed by atoms with E-state index in [1.807, 2.05) is 20.1 Å². The van der Waals surface area contributed by atoms with Crippen LogP contribution < -0.4 is 5.16 Å². The van der Waals surface area contributed by atoms with Gasteiger partial charge in [-0.05, 0) is 31.8 Å². The monoisotopic (exact) mass is 215 g/mol. The van der Waals surface area contributed by atoms with Gasteiger partial charge in [0, 0.05) is 0 Å². The molecule has 1 aliphatic heterocycles. The molecule has 86 valence electrons. The number of nitrogens with one attached hydrogen (secondary N) is 1. The lowest BCUT2D eigenvalue weighted by atomic mass is 10.2. The van der Waals surface area contributed by atoms with Crippen LogP contribution in [0.4, 0.5) is 0 Å². The maximum absolute atomic E-state index is 5.63. The molecule has 0 saturated carbocycles. The molecule has 0 aromatic heterocycles. The van der Waals surface area contributed by atoms with Crippen molar-refractivity contribution in [1.29, 1.82) is 0 Å². The van der Waals surface area contributed by atoms with Gasteiger partial charge >= 0.3 is 0 Å². The summed E-state index contributed by atoms with van der Waals surface area (Å²) in [4.78, 5) is 9.85. The van der Waals surface area contributed by atoms with Crippen LogP contribution in [0.5, 0.6) is 0 Å². The van der Waals surface area contributed by atoms with E-state index < -0.39 is 0 Å². The van der Waals surface area contributed by atoms with Gasteiger partial charge in [-0.3, -0.25) is 4.84 Å². The molecule has 15 heavy (non-hydrogen) atoms. The van der Waals surface area contributed by atoms with Crippen LogP contribution in [-0.2, 0) is 14.4 Å². The highest BCUT2D eigenvalue weighted by Crippen LogP contribution is 2.16. The molecular weight excluding hydrogens is 196 g/mol. The number of oxime groups is 1. The molecule has 0 aliphatic carbocycles. The van der Waals surface area contributed by atoms with Crippen LogP contribution in [0.25, 0.3) is 0 Å². The van der Waals surface area contributed by atoms with Gasteiger partial charge in [0.15, 0.2) is 6.61 Å². The first-order chi connectivity index (χ1) is 7.36. The van der Waals surface area contributed by atoms with Crippen LogP contribution in [0.15, 0.2) is 5.16 Å². The van der Waals surface area contributed by atoms with E-state index in [1.165, 1.54) is 0 Å². The van der Waals surface area contributed by atoms with Gasteiger partial charge in [-0.25, -0.2) is 0 Å². The largest absolute Gasteiger partial charge is 0.396 e. The van der Waals surface area contributed by atoms with Gasteiger partial charge in [-0.2, -0.15) is 0 Å². The minimum Gasteiger partial charge on any atom is -0.396 e. The standard InChI is InChI=1S/C10H18N2O3/c1-3-13-11-7-9-5-6-10(15-9)8-12-14-4-2/h7-10H,3-6H2,1-2H3/p+1/b11-7-,12-8-/t9-,10+. The molecule has 0 aromatic rings. The zero-order chi connectivity index (χ0) is 10.9. The van der Waals surface area contributed by atoms with E-state index in [-0.39, 0.29) is 12.2 Å². The Morgan fingerprint density at radius 2 is 2.13 bits per heavy atom. The van der Waals surface area contributed by atoms with Gasteiger partial charge in [0.2, 0.25) is 6.21 Å². The zero-order valence-electron chi connectivity index (χ0n) is 9.31. The Morgan fingerprint density at radius 3 is 2.87 bits per heavy atom. The number of rotatable bonds is 6. The highest BCUT2D eigenvalue weighted by Gasteiger charge is 2.24. The van der Waals surface area contributed by atoms with Crippen LogP contribution in [0.3, 0.4) is 0 Å². The molecule has 1 rings (SSSR count). The van der Waals surface area contributed by atoms with Crippen molar-refractivity contribution >= 4 is 12.4 Å². The Labute approximate surface area is 90.1 Å². The molecule has 0 amide bonds. The summed E-state index contributed by atoms with van der Waals surface area (Å²) in [6, 6.07) is 0. The van der Waals surface area contributed by atoms with Crippen molar-refractivity contribution in [1.82, 2.24) is 0 Å². The van der Waals surface area contributed by atoms with E-state index >= 15 is 0 Å². The predicted octanol–water partition coefficient (Wildman–Crippen LogP) is -0.341. The van der Waals surface area contributed by atoms with Crippen molar-refractivity contribution in [2.75, 3.05) is 13.2 Å². The Kier molecular flexibility index (Phi) is 5.77. The van der Waals surface area contributed by atoms with E-state index in [0.717, 1.165) is 12.8 Å². The fraction of sp³-hybridized carbons (Fsp3) is 0.800. The molecular formula is C10H19N2O3+. The molecule has 0 bridgehead atoms. The van der Waals surface area contributed by atoms with E-state index in [4.69, 9.17) is 14.4 Å². The maximum Gasteiger partial charge on any atom is 0.218 e. The topological polar surface area (TPSA) is 54.0 Å². The second-order valence-corrected chi connectivity index (χ2v) is 3.18. The van der Waals surface area contributed by atoms with E-state index in [2.05, 4.69) is 10.3 Å². The molecule has 5 heteroatoms. The Morgan fingerprint density at radius 1 is 1.33 bits per heavy atom. The molecule has 1 aliphatic rings. The average Bonchev–Trinajstić information content (AvgIpc) is 2.67. The second-order valence-electron chi connectivity index (χ2n) is 3.18. The van der Waals surface area contributed by atoms with Gasteiger partial charge < -0.3 is 9.57 Å². The average molecular weight is 215 g/mol. The van der Waals surface area contributed by atoms with Gasteiger partial charge in [-0.15, -0.1) is 0 Å². The highest BCUT2D eigenvalue weighted by molar-refractivity contribution is 5.65. The van der Waals surface area contributed by atoms with Crippen LogP contribution >= 0.6 is 0 Å². The third kappa shape index (κ3) is 4.78. The molecule has 0 radical (unpaired) electrons. The summed E-state index contributed by atoms with van der Waals surface area (Å²) in [5, 5.41) is 6.53. The Balaban J connectivity index is 2.20. The lowest BCUT2D eigenvalue weighted by Crippen LogP contribution is -2.69.